The van der Waals surface area contributed by atoms with Gasteiger partial charge in [-0.3, -0.25) is 0 Å². The second kappa shape index (κ2) is 8.82. The van der Waals surface area contributed by atoms with E-state index in [9.17, 15) is 5.11 Å². The van der Waals surface area contributed by atoms with Crippen molar-refractivity contribution in [3.63, 3.8) is 0 Å². The van der Waals surface area contributed by atoms with E-state index in [-0.39, 0.29) is 6.10 Å². The van der Waals surface area contributed by atoms with E-state index in [4.69, 9.17) is 0 Å². The predicted octanol–water partition coefficient (Wildman–Crippen LogP) is 5.87. The number of aliphatic hydroxyl groups is 1. The summed E-state index contributed by atoms with van der Waals surface area (Å²) >= 11 is 0. The summed E-state index contributed by atoms with van der Waals surface area (Å²) < 4.78 is 0. The third kappa shape index (κ3) is 4.53. The van der Waals surface area contributed by atoms with Gasteiger partial charge in [-0.25, -0.2) is 0 Å². The Balaban J connectivity index is 1.39. The number of rotatable bonds is 4. The van der Waals surface area contributed by atoms with Gasteiger partial charge in [0.15, 0.2) is 0 Å². The topological polar surface area (TPSA) is 23.5 Å². The second-order valence-electron chi connectivity index (χ2n) is 10.2. The van der Waals surface area contributed by atoms with E-state index in [0.717, 1.165) is 31.1 Å². The van der Waals surface area contributed by atoms with Crippen molar-refractivity contribution in [1.82, 2.24) is 4.90 Å². The van der Waals surface area contributed by atoms with Crippen LogP contribution in [-0.2, 0) is 0 Å². The van der Waals surface area contributed by atoms with Gasteiger partial charge in [-0.2, -0.15) is 0 Å². The third-order valence-corrected chi connectivity index (χ3v) is 8.47. The number of piperidine rings is 1. The Labute approximate surface area is 167 Å². The molecule has 2 heteroatoms. The molecular weight excluding hydrogens is 330 g/mol. The fourth-order valence-electron chi connectivity index (χ4n) is 6.79. The van der Waals surface area contributed by atoms with Crippen molar-refractivity contribution in [2.24, 2.45) is 17.3 Å². The number of aliphatic hydroxyl groups excluding tert-OH is 1. The van der Waals surface area contributed by atoms with Crippen LogP contribution in [0.2, 0.25) is 0 Å². The molecule has 0 spiro atoms. The van der Waals surface area contributed by atoms with Crippen LogP contribution in [0, 0.1) is 17.3 Å². The summed E-state index contributed by atoms with van der Waals surface area (Å²) in [6.07, 6.45) is 21.7. The molecule has 1 N–H and O–H groups in total. The lowest BCUT2D eigenvalue weighted by Gasteiger charge is -2.43. The normalized spacial score (nSPS) is 41.2. The summed E-state index contributed by atoms with van der Waals surface area (Å²) in [4.78, 5) is 2.73. The standard InChI is InChI=1S/C25H41NO/c1-25-15-6-8-21(11-10-20-7-5-9-23(27)19-20)24(25)13-12-22(25)14-18-26-16-3-2-4-17-26/h10-11,22-24,27H,2-9,12-19H2,1H3/b20-10-,21-11+/t22-,23+,24?,25?/m1/s1. The number of hydrogen-bond donors (Lipinski definition) is 1. The van der Waals surface area contributed by atoms with Crippen molar-refractivity contribution >= 4 is 0 Å². The van der Waals surface area contributed by atoms with Crippen molar-refractivity contribution < 1.29 is 5.11 Å². The molecule has 2 unspecified atom stereocenters. The highest BCUT2D eigenvalue weighted by Gasteiger charge is 2.48. The summed E-state index contributed by atoms with van der Waals surface area (Å²) in [6, 6.07) is 0. The number of hydrogen-bond acceptors (Lipinski definition) is 2. The molecule has 1 aliphatic heterocycles. The molecule has 0 radical (unpaired) electrons. The third-order valence-electron chi connectivity index (χ3n) is 8.47. The minimum absolute atomic E-state index is 0.0920. The molecule has 4 fully saturated rings. The lowest BCUT2D eigenvalue weighted by Crippen LogP contribution is -2.36. The van der Waals surface area contributed by atoms with Crippen LogP contribution in [0.25, 0.3) is 0 Å². The molecule has 152 valence electrons. The van der Waals surface area contributed by atoms with Crippen molar-refractivity contribution in [3.8, 4) is 0 Å². The van der Waals surface area contributed by atoms with Gasteiger partial charge in [0, 0.05) is 0 Å². The molecule has 1 saturated heterocycles. The van der Waals surface area contributed by atoms with Crippen LogP contribution in [0.1, 0.15) is 90.4 Å². The Morgan fingerprint density at radius 2 is 1.85 bits per heavy atom. The van der Waals surface area contributed by atoms with Gasteiger partial charge in [0.2, 0.25) is 0 Å². The van der Waals surface area contributed by atoms with Crippen molar-refractivity contribution in [2.75, 3.05) is 19.6 Å². The second-order valence-corrected chi connectivity index (χ2v) is 10.2. The van der Waals surface area contributed by atoms with Crippen LogP contribution in [0.15, 0.2) is 23.3 Å². The molecule has 1 heterocycles. The molecule has 4 aliphatic rings. The maximum Gasteiger partial charge on any atom is 0.0577 e. The lowest BCUT2D eigenvalue weighted by molar-refractivity contribution is 0.112. The fraction of sp³-hybridized carbons (Fsp3) is 0.840. The Morgan fingerprint density at radius 3 is 2.67 bits per heavy atom. The highest BCUT2D eigenvalue weighted by atomic mass is 16.3. The van der Waals surface area contributed by atoms with E-state index in [1.165, 1.54) is 89.4 Å². The first-order valence-corrected chi connectivity index (χ1v) is 11.9. The minimum atomic E-state index is -0.0920. The highest BCUT2D eigenvalue weighted by Crippen LogP contribution is 2.58. The summed E-state index contributed by atoms with van der Waals surface area (Å²) in [5, 5.41) is 9.94. The van der Waals surface area contributed by atoms with Gasteiger partial charge < -0.3 is 10.0 Å². The lowest BCUT2D eigenvalue weighted by atomic mass is 9.63. The first-order chi connectivity index (χ1) is 13.1. The summed E-state index contributed by atoms with van der Waals surface area (Å²) in [5.41, 5.74) is 3.76. The number of likely N-dealkylation sites (tertiary alicyclic amines) is 1. The van der Waals surface area contributed by atoms with Crippen LogP contribution in [0.5, 0.6) is 0 Å². The molecule has 0 aromatic heterocycles. The van der Waals surface area contributed by atoms with E-state index >= 15 is 0 Å². The highest BCUT2D eigenvalue weighted by molar-refractivity contribution is 5.25. The van der Waals surface area contributed by atoms with Crippen molar-refractivity contribution in [3.05, 3.63) is 23.3 Å². The molecule has 3 aliphatic carbocycles. The quantitative estimate of drug-likeness (QED) is 0.668. The SMILES string of the molecule is CC12CCC/C(=C\C=C3\CCC[C@H](O)C3)C1CC[C@@H]2CCN1CCCCC1. The van der Waals surface area contributed by atoms with Crippen LogP contribution >= 0.6 is 0 Å². The number of fused-ring (bicyclic) bond motifs is 1. The maximum absolute atomic E-state index is 9.94. The van der Waals surface area contributed by atoms with Gasteiger partial charge in [-0.05, 0) is 114 Å². The first kappa shape index (κ1) is 19.7. The van der Waals surface area contributed by atoms with Crippen molar-refractivity contribution in [2.45, 2.75) is 96.5 Å². The summed E-state index contributed by atoms with van der Waals surface area (Å²) in [5.74, 6) is 1.75. The molecule has 3 saturated carbocycles. The number of nitrogens with zero attached hydrogens (tertiary/aromatic N) is 1. The molecule has 2 nitrogen and oxygen atoms in total. The zero-order valence-corrected chi connectivity index (χ0v) is 17.6. The van der Waals surface area contributed by atoms with Crippen LogP contribution in [0.4, 0.5) is 0 Å². The first-order valence-electron chi connectivity index (χ1n) is 11.9. The summed E-state index contributed by atoms with van der Waals surface area (Å²) in [6.45, 7) is 6.65. The average molecular weight is 372 g/mol. The molecule has 4 atom stereocenters. The van der Waals surface area contributed by atoms with Crippen LogP contribution in [-0.4, -0.2) is 35.7 Å². The van der Waals surface area contributed by atoms with Gasteiger partial charge in [0.25, 0.3) is 0 Å². The Hall–Kier alpha value is -0.600. The van der Waals surface area contributed by atoms with Gasteiger partial charge in [0.05, 0.1) is 6.10 Å². The van der Waals surface area contributed by atoms with Gasteiger partial charge in [-0.15, -0.1) is 0 Å². The van der Waals surface area contributed by atoms with E-state index in [0.29, 0.717) is 5.41 Å². The van der Waals surface area contributed by atoms with Crippen LogP contribution in [0.3, 0.4) is 0 Å². The van der Waals surface area contributed by atoms with Crippen molar-refractivity contribution in [1.29, 1.82) is 0 Å². The smallest absolute Gasteiger partial charge is 0.0577 e. The summed E-state index contributed by atoms with van der Waals surface area (Å²) in [7, 11) is 0. The van der Waals surface area contributed by atoms with Crippen LogP contribution < -0.4 is 0 Å². The zero-order chi connectivity index (χ0) is 18.7. The van der Waals surface area contributed by atoms with E-state index in [1.54, 1.807) is 5.57 Å². The molecule has 0 aromatic rings. The minimum Gasteiger partial charge on any atom is -0.393 e. The molecule has 4 rings (SSSR count). The fourth-order valence-corrected chi connectivity index (χ4v) is 6.79. The maximum atomic E-state index is 9.94. The molecule has 0 bridgehead atoms. The molecule has 27 heavy (non-hydrogen) atoms. The average Bonchev–Trinajstić information content (AvgIpc) is 3.02. The van der Waals surface area contributed by atoms with E-state index in [2.05, 4.69) is 24.0 Å². The van der Waals surface area contributed by atoms with Gasteiger partial charge >= 0.3 is 0 Å². The molecule has 0 amide bonds. The van der Waals surface area contributed by atoms with E-state index < -0.39 is 0 Å². The monoisotopic (exact) mass is 371 g/mol. The Kier molecular flexibility index (Phi) is 6.44. The predicted molar refractivity (Wildman–Crippen MR) is 114 cm³/mol. The molecular formula is C25H41NO. The number of allylic oxidation sites excluding steroid dienone is 3. The van der Waals surface area contributed by atoms with E-state index in [1.807, 2.05) is 0 Å². The molecule has 0 aromatic carbocycles. The largest absolute Gasteiger partial charge is 0.393 e. The zero-order valence-electron chi connectivity index (χ0n) is 17.6. The van der Waals surface area contributed by atoms with Gasteiger partial charge in [-0.1, -0.05) is 36.6 Å². The Bertz CT molecular complexity index is 559. The van der Waals surface area contributed by atoms with Gasteiger partial charge in [0.1, 0.15) is 0 Å². The Morgan fingerprint density at radius 1 is 1.00 bits per heavy atom.